The van der Waals surface area contributed by atoms with Crippen LogP contribution in [0.5, 0.6) is 0 Å². The Morgan fingerprint density at radius 2 is 1.59 bits per heavy atom. The van der Waals surface area contributed by atoms with Crippen LogP contribution in [-0.4, -0.2) is 43.8 Å². The number of rotatable bonds is 11. The van der Waals surface area contributed by atoms with Crippen LogP contribution < -0.4 is 9.62 Å². The van der Waals surface area contributed by atoms with Crippen molar-refractivity contribution >= 4 is 50.7 Å². The average molecular weight is 699 g/mol. The van der Waals surface area contributed by atoms with Gasteiger partial charge in [0.2, 0.25) is 11.8 Å². The molecule has 2 amide bonds. The summed E-state index contributed by atoms with van der Waals surface area (Å²) in [6.07, 6.45) is -0.0218. The summed E-state index contributed by atoms with van der Waals surface area (Å²) in [5.41, 5.74) is -0.270. The number of alkyl halides is 3. The van der Waals surface area contributed by atoms with Crippen LogP contribution in [0.3, 0.4) is 0 Å². The van der Waals surface area contributed by atoms with Gasteiger partial charge in [-0.25, -0.2) is 8.42 Å². The number of aryl methyl sites for hydroxylation is 1. The molecule has 0 spiro atoms. The van der Waals surface area contributed by atoms with E-state index in [2.05, 4.69) is 5.32 Å². The van der Waals surface area contributed by atoms with E-state index in [1.165, 1.54) is 17.0 Å². The first-order valence-electron chi connectivity index (χ1n) is 15.0. The standard InChI is InChI=1S/C33H36Cl2F3N3O4S/c1-3-30(32(43)39-25-7-5-4-6-8-25)40(20-23-11-13-24(34)14-12-23)31(42)21-41(46(44,45)27-16-9-22(2)10-17-27)26-15-18-29(35)28(19-26)33(36,37)38/h9-19,25,30H,3-8,20-21H2,1-2H3,(H,39,43)/t30-/m0/s1. The molecule has 46 heavy (non-hydrogen) atoms. The van der Waals surface area contributed by atoms with Crippen molar-refractivity contribution < 1.29 is 31.2 Å². The van der Waals surface area contributed by atoms with Crippen molar-refractivity contribution in [2.24, 2.45) is 0 Å². The number of hydrogen-bond acceptors (Lipinski definition) is 4. The highest BCUT2D eigenvalue weighted by Gasteiger charge is 2.37. The Labute approximate surface area is 277 Å². The zero-order chi connectivity index (χ0) is 33.6. The maximum atomic E-state index is 14.2. The second kappa shape index (κ2) is 15.1. The number of halogens is 5. The van der Waals surface area contributed by atoms with E-state index in [1.54, 1.807) is 50.2 Å². The van der Waals surface area contributed by atoms with E-state index in [9.17, 15) is 31.2 Å². The van der Waals surface area contributed by atoms with Crippen LogP contribution in [0, 0.1) is 6.92 Å². The Morgan fingerprint density at radius 3 is 2.17 bits per heavy atom. The van der Waals surface area contributed by atoms with Crippen LogP contribution in [0.15, 0.2) is 71.6 Å². The van der Waals surface area contributed by atoms with Gasteiger partial charge in [0, 0.05) is 17.6 Å². The number of carbonyl (C=O) groups excluding carboxylic acids is 2. The topological polar surface area (TPSA) is 86.8 Å². The summed E-state index contributed by atoms with van der Waals surface area (Å²) in [5, 5.41) is 2.89. The van der Waals surface area contributed by atoms with E-state index in [-0.39, 0.29) is 29.8 Å². The lowest BCUT2D eigenvalue weighted by Crippen LogP contribution is -2.54. The summed E-state index contributed by atoms with van der Waals surface area (Å²) in [7, 11) is -4.57. The minimum Gasteiger partial charge on any atom is -0.352 e. The van der Waals surface area contributed by atoms with Crippen LogP contribution in [0.25, 0.3) is 0 Å². The van der Waals surface area contributed by atoms with Gasteiger partial charge in [0.15, 0.2) is 0 Å². The number of anilines is 1. The number of amides is 2. The van der Waals surface area contributed by atoms with E-state index in [0.717, 1.165) is 49.8 Å². The van der Waals surface area contributed by atoms with E-state index in [0.29, 0.717) is 21.0 Å². The zero-order valence-electron chi connectivity index (χ0n) is 25.5. The number of hydrogen-bond donors (Lipinski definition) is 1. The first-order valence-corrected chi connectivity index (χ1v) is 17.2. The number of benzene rings is 3. The lowest BCUT2D eigenvalue weighted by atomic mass is 9.95. The molecule has 4 rings (SSSR count). The Morgan fingerprint density at radius 1 is 0.957 bits per heavy atom. The summed E-state index contributed by atoms with van der Waals surface area (Å²) in [4.78, 5) is 28.9. The van der Waals surface area contributed by atoms with Crippen LogP contribution in [-0.2, 0) is 32.3 Å². The molecule has 1 N–H and O–H groups in total. The van der Waals surface area contributed by atoms with Gasteiger partial charge < -0.3 is 10.2 Å². The monoisotopic (exact) mass is 697 g/mol. The molecular weight excluding hydrogens is 662 g/mol. The van der Waals surface area contributed by atoms with Gasteiger partial charge >= 0.3 is 6.18 Å². The average Bonchev–Trinajstić information content (AvgIpc) is 3.01. The molecule has 3 aromatic rings. The van der Waals surface area contributed by atoms with Crippen molar-refractivity contribution in [1.82, 2.24) is 10.2 Å². The van der Waals surface area contributed by atoms with Crippen LogP contribution in [0.2, 0.25) is 10.0 Å². The molecule has 1 aliphatic rings. The molecule has 1 aliphatic carbocycles. The number of sulfonamides is 1. The normalized spacial score (nSPS) is 14.8. The summed E-state index contributed by atoms with van der Waals surface area (Å²) in [6.45, 7) is 2.54. The molecule has 1 saturated carbocycles. The van der Waals surface area contributed by atoms with Gasteiger partial charge in [-0.2, -0.15) is 13.2 Å². The first-order chi connectivity index (χ1) is 21.7. The smallest absolute Gasteiger partial charge is 0.352 e. The fraction of sp³-hybridized carbons (Fsp3) is 0.394. The maximum absolute atomic E-state index is 14.2. The molecule has 0 aliphatic heterocycles. The number of nitrogens with zero attached hydrogens (tertiary/aromatic N) is 2. The molecule has 0 bridgehead atoms. The van der Waals surface area contributed by atoms with Crippen molar-refractivity contribution in [2.75, 3.05) is 10.8 Å². The van der Waals surface area contributed by atoms with Crippen molar-refractivity contribution in [3.05, 3.63) is 93.5 Å². The molecule has 7 nitrogen and oxygen atoms in total. The molecule has 0 aromatic heterocycles. The quantitative estimate of drug-likeness (QED) is 0.222. The number of carbonyl (C=O) groups is 2. The summed E-state index contributed by atoms with van der Waals surface area (Å²) >= 11 is 11.9. The van der Waals surface area contributed by atoms with Crippen LogP contribution >= 0.6 is 23.2 Å². The maximum Gasteiger partial charge on any atom is 0.417 e. The Balaban J connectivity index is 1.77. The van der Waals surface area contributed by atoms with Crippen LogP contribution in [0.1, 0.15) is 62.1 Å². The lowest BCUT2D eigenvalue weighted by molar-refractivity contribution is -0.140. The van der Waals surface area contributed by atoms with Crippen molar-refractivity contribution in [3.8, 4) is 0 Å². The van der Waals surface area contributed by atoms with Crippen molar-refractivity contribution in [2.45, 2.75) is 82.1 Å². The summed E-state index contributed by atoms with van der Waals surface area (Å²) in [6, 6.07) is 14.0. The zero-order valence-corrected chi connectivity index (χ0v) is 27.8. The van der Waals surface area contributed by atoms with E-state index in [4.69, 9.17) is 23.2 Å². The van der Waals surface area contributed by atoms with E-state index >= 15 is 0 Å². The summed E-state index contributed by atoms with van der Waals surface area (Å²) in [5.74, 6) is -1.16. The lowest BCUT2D eigenvalue weighted by Gasteiger charge is -2.34. The SMILES string of the molecule is CC[C@@H](C(=O)NC1CCCCC1)N(Cc1ccc(Cl)cc1)C(=O)CN(c1ccc(Cl)c(C(F)(F)F)c1)S(=O)(=O)c1ccc(C)cc1. The fourth-order valence-electron chi connectivity index (χ4n) is 5.50. The van der Waals surface area contributed by atoms with Gasteiger partial charge in [0.1, 0.15) is 12.6 Å². The van der Waals surface area contributed by atoms with E-state index in [1.807, 2.05) is 0 Å². The molecule has 13 heteroatoms. The Bertz CT molecular complexity index is 1630. The highest BCUT2D eigenvalue weighted by molar-refractivity contribution is 7.92. The van der Waals surface area contributed by atoms with Crippen molar-refractivity contribution in [1.29, 1.82) is 0 Å². The third-order valence-electron chi connectivity index (χ3n) is 8.03. The van der Waals surface area contributed by atoms with Gasteiger partial charge in [0.25, 0.3) is 10.0 Å². The minimum absolute atomic E-state index is 0.0453. The van der Waals surface area contributed by atoms with Crippen molar-refractivity contribution in [3.63, 3.8) is 0 Å². The fourth-order valence-corrected chi connectivity index (χ4v) is 7.26. The van der Waals surface area contributed by atoms with E-state index < -0.39 is 51.0 Å². The second-order valence-corrected chi connectivity index (χ2v) is 14.1. The molecule has 1 atom stereocenters. The third-order valence-corrected chi connectivity index (χ3v) is 10.4. The number of nitrogens with one attached hydrogen (secondary N) is 1. The van der Waals surface area contributed by atoms with Gasteiger partial charge in [-0.1, -0.05) is 79.2 Å². The van der Waals surface area contributed by atoms with Crippen LogP contribution in [0.4, 0.5) is 18.9 Å². The molecule has 0 saturated heterocycles. The highest BCUT2D eigenvalue weighted by Crippen LogP contribution is 2.38. The molecule has 248 valence electrons. The summed E-state index contributed by atoms with van der Waals surface area (Å²) < 4.78 is 70.3. The molecule has 0 unspecified atom stereocenters. The largest absolute Gasteiger partial charge is 0.417 e. The van der Waals surface area contributed by atoms with Gasteiger partial charge in [-0.05, 0) is 74.2 Å². The molecular formula is C33H36Cl2F3N3O4S. The molecule has 0 radical (unpaired) electrons. The molecule has 3 aromatic carbocycles. The Hall–Kier alpha value is -3.28. The van der Waals surface area contributed by atoms with Gasteiger partial charge in [-0.15, -0.1) is 0 Å². The molecule has 0 heterocycles. The molecule has 1 fully saturated rings. The van der Waals surface area contributed by atoms with Gasteiger partial charge in [-0.3, -0.25) is 13.9 Å². The predicted molar refractivity (Wildman–Crippen MR) is 173 cm³/mol. The van der Waals surface area contributed by atoms with Gasteiger partial charge in [0.05, 0.1) is 21.2 Å². The second-order valence-electron chi connectivity index (χ2n) is 11.4. The third kappa shape index (κ3) is 8.74. The highest BCUT2D eigenvalue weighted by atomic mass is 35.5. The first kappa shape index (κ1) is 35.6. The predicted octanol–water partition coefficient (Wildman–Crippen LogP) is 7.77. The Kier molecular flexibility index (Phi) is 11.7. The minimum atomic E-state index is -4.89.